The molecule has 1 aromatic heterocycles. The van der Waals surface area contributed by atoms with Crippen LogP contribution >= 0.6 is 0 Å². The van der Waals surface area contributed by atoms with Gasteiger partial charge in [0, 0.05) is 13.1 Å². The van der Waals surface area contributed by atoms with Gasteiger partial charge in [0.05, 0.1) is 18.7 Å². The molecule has 1 amide bonds. The van der Waals surface area contributed by atoms with Gasteiger partial charge in [-0.2, -0.15) is 0 Å². The first-order chi connectivity index (χ1) is 9.16. The van der Waals surface area contributed by atoms with Crippen molar-refractivity contribution in [1.29, 1.82) is 0 Å². The van der Waals surface area contributed by atoms with Gasteiger partial charge in [0.1, 0.15) is 0 Å². The van der Waals surface area contributed by atoms with E-state index in [-0.39, 0.29) is 17.5 Å². The van der Waals surface area contributed by atoms with E-state index in [0.29, 0.717) is 13.1 Å². The summed E-state index contributed by atoms with van der Waals surface area (Å²) < 4.78 is 1.41. The molecule has 0 aliphatic carbocycles. The van der Waals surface area contributed by atoms with Gasteiger partial charge in [-0.05, 0) is 19.4 Å². The number of nitrogens with zero attached hydrogens (tertiary/aromatic N) is 3. The van der Waals surface area contributed by atoms with E-state index in [1.54, 1.807) is 0 Å². The second-order valence-corrected chi connectivity index (χ2v) is 4.51. The van der Waals surface area contributed by atoms with Crippen molar-refractivity contribution in [3.8, 4) is 0 Å². The van der Waals surface area contributed by atoms with Gasteiger partial charge in [-0.3, -0.25) is 4.79 Å². The van der Waals surface area contributed by atoms with E-state index >= 15 is 0 Å². The fourth-order valence-electron chi connectivity index (χ4n) is 2.02. The lowest BCUT2D eigenvalue weighted by Gasteiger charge is -2.21. The normalized spacial score (nSPS) is 19.1. The molecule has 0 bridgehead atoms. The average Bonchev–Trinajstić information content (AvgIpc) is 2.89. The molecule has 3 N–H and O–H groups in total. The highest BCUT2D eigenvalue weighted by Gasteiger charge is 2.20. The molecule has 8 nitrogen and oxygen atoms in total. The van der Waals surface area contributed by atoms with E-state index in [1.165, 1.54) is 10.9 Å². The van der Waals surface area contributed by atoms with Gasteiger partial charge in [0.25, 0.3) is 0 Å². The summed E-state index contributed by atoms with van der Waals surface area (Å²) in [6.45, 7) is 2.52. The maximum atomic E-state index is 11.8. The highest BCUT2D eigenvalue weighted by atomic mass is 16.4. The van der Waals surface area contributed by atoms with Crippen LogP contribution in [0.4, 0.5) is 0 Å². The summed E-state index contributed by atoms with van der Waals surface area (Å²) in [6.07, 6.45) is 3.27. The van der Waals surface area contributed by atoms with Gasteiger partial charge >= 0.3 is 5.97 Å². The van der Waals surface area contributed by atoms with Crippen molar-refractivity contribution in [2.45, 2.75) is 19.4 Å². The van der Waals surface area contributed by atoms with Crippen LogP contribution in [0.25, 0.3) is 0 Å². The molecular formula is C11H17N5O3. The Morgan fingerprint density at radius 2 is 2.42 bits per heavy atom. The third-order valence-corrected chi connectivity index (χ3v) is 3.07. The van der Waals surface area contributed by atoms with E-state index in [0.717, 1.165) is 25.9 Å². The van der Waals surface area contributed by atoms with Crippen LogP contribution in [-0.4, -0.2) is 51.6 Å². The highest BCUT2D eigenvalue weighted by molar-refractivity contribution is 5.84. The Morgan fingerprint density at radius 1 is 1.58 bits per heavy atom. The van der Waals surface area contributed by atoms with Crippen LogP contribution in [-0.2, 0) is 11.3 Å². The lowest BCUT2D eigenvalue weighted by Crippen LogP contribution is -2.41. The number of nitrogens with one attached hydrogen (secondary N) is 2. The molecule has 1 saturated heterocycles. The molecule has 1 aliphatic heterocycles. The number of carboxylic acid groups (broad SMARTS) is 1. The number of carboxylic acids is 1. The van der Waals surface area contributed by atoms with Gasteiger partial charge in [0.15, 0.2) is 5.69 Å². The SMILES string of the molecule is O=C(O)c1cn(CCNC(=O)C2CCCNC2)nn1. The fraction of sp³-hybridized carbons (Fsp3) is 0.636. The molecule has 2 heterocycles. The number of carbonyl (C=O) groups excluding carboxylic acids is 1. The predicted molar refractivity (Wildman–Crippen MR) is 65.6 cm³/mol. The summed E-state index contributed by atoms with van der Waals surface area (Å²) >= 11 is 0. The minimum Gasteiger partial charge on any atom is -0.476 e. The van der Waals surface area contributed by atoms with Crippen molar-refractivity contribution in [3.05, 3.63) is 11.9 Å². The van der Waals surface area contributed by atoms with Gasteiger partial charge in [-0.1, -0.05) is 5.21 Å². The Balaban J connectivity index is 1.73. The standard InChI is InChI=1S/C11H17N5O3/c17-10(8-2-1-3-12-6-8)13-4-5-16-7-9(11(18)19)14-15-16/h7-8,12H,1-6H2,(H,13,17)(H,18,19). The van der Waals surface area contributed by atoms with Gasteiger partial charge in [-0.15, -0.1) is 5.10 Å². The van der Waals surface area contributed by atoms with Crippen LogP contribution < -0.4 is 10.6 Å². The molecule has 1 aromatic rings. The van der Waals surface area contributed by atoms with Gasteiger partial charge in [0.2, 0.25) is 5.91 Å². The van der Waals surface area contributed by atoms with Crippen molar-refractivity contribution < 1.29 is 14.7 Å². The third kappa shape index (κ3) is 3.75. The first-order valence-corrected chi connectivity index (χ1v) is 6.28. The Kier molecular flexibility index (Phi) is 4.45. The summed E-state index contributed by atoms with van der Waals surface area (Å²) in [7, 11) is 0. The van der Waals surface area contributed by atoms with E-state index in [2.05, 4.69) is 20.9 Å². The number of aromatic nitrogens is 3. The second-order valence-electron chi connectivity index (χ2n) is 4.51. The molecular weight excluding hydrogens is 250 g/mol. The van der Waals surface area contributed by atoms with Crippen molar-refractivity contribution in [3.63, 3.8) is 0 Å². The van der Waals surface area contributed by atoms with Gasteiger partial charge in [-0.25, -0.2) is 9.48 Å². The van der Waals surface area contributed by atoms with E-state index in [1.807, 2.05) is 0 Å². The summed E-state index contributed by atoms with van der Waals surface area (Å²) in [5.41, 5.74) is -0.0946. The van der Waals surface area contributed by atoms with Crippen molar-refractivity contribution in [1.82, 2.24) is 25.6 Å². The topological polar surface area (TPSA) is 109 Å². The summed E-state index contributed by atoms with van der Waals surface area (Å²) in [6, 6.07) is 0. The molecule has 0 aromatic carbocycles. The van der Waals surface area contributed by atoms with Crippen LogP contribution in [0.1, 0.15) is 23.3 Å². The number of aromatic carboxylic acids is 1. The Bertz CT molecular complexity index is 453. The first-order valence-electron chi connectivity index (χ1n) is 6.28. The third-order valence-electron chi connectivity index (χ3n) is 3.07. The monoisotopic (exact) mass is 267 g/mol. The molecule has 0 spiro atoms. The molecule has 1 aliphatic rings. The van der Waals surface area contributed by atoms with Crippen molar-refractivity contribution >= 4 is 11.9 Å². The largest absolute Gasteiger partial charge is 0.476 e. The van der Waals surface area contributed by atoms with E-state index in [9.17, 15) is 9.59 Å². The summed E-state index contributed by atoms with van der Waals surface area (Å²) in [4.78, 5) is 22.4. The van der Waals surface area contributed by atoms with Crippen LogP contribution in [0.2, 0.25) is 0 Å². The van der Waals surface area contributed by atoms with E-state index in [4.69, 9.17) is 5.11 Å². The zero-order valence-corrected chi connectivity index (χ0v) is 10.5. The molecule has 0 saturated carbocycles. The maximum Gasteiger partial charge on any atom is 0.358 e. The summed E-state index contributed by atoms with van der Waals surface area (Å²) in [5.74, 6) is -1.05. The Labute approximate surface area is 110 Å². The number of amides is 1. The molecule has 8 heteroatoms. The van der Waals surface area contributed by atoms with Gasteiger partial charge < -0.3 is 15.7 Å². The number of piperidine rings is 1. The van der Waals surface area contributed by atoms with Crippen molar-refractivity contribution in [2.24, 2.45) is 5.92 Å². The number of hydrogen-bond acceptors (Lipinski definition) is 5. The van der Waals surface area contributed by atoms with Crippen LogP contribution in [0.15, 0.2) is 6.20 Å². The Morgan fingerprint density at radius 3 is 3.05 bits per heavy atom. The smallest absolute Gasteiger partial charge is 0.358 e. The molecule has 1 atom stereocenters. The number of carbonyl (C=O) groups is 2. The van der Waals surface area contributed by atoms with Crippen LogP contribution in [0.3, 0.4) is 0 Å². The predicted octanol–water partition coefficient (Wildman–Crippen LogP) is -0.908. The molecule has 19 heavy (non-hydrogen) atoms. The second kappa shape index (κ2) is 6.28. The lowest BCUT2D eigenvalue weighted by atomic mass is 9.99. The van der Waals surface area contributed by atoms with Crippen LogP contribution in [0.5, 0.6) is 0 Å². The lowest BCUT2D eigenvalue weighted by molar-refractivity contribution is -0.125. The minimum atomic E-state index is -1.11. The molecule has 1 unspecified atom stereocenters. The Hall–Kier alpha value is -1.96. The average molecular weight is 267 g/mol. The maximum absolute atomic E-state index is 11.8. The quantitative estimate of drug-likeness (QED) is 0.637. The first kappa shape index (κ1) is 13.5. The molecule has 1 fully saturated rings. The van der Waals surface area contributed by atoms with Crippen LogP contribution in [0, 0.1) is 5.92 Å². The zero-order chi connectivity index (χ0) is 13.7. The molecule has 104 valence electrons. The molecule has 2 rings (SSSR count). The number of rotatable bonds is 5. The highest BCUT2D eigenvalue weighted by Crippen LogP contribution is 2.09. The van der Waals surface area contributed by atoms with Crippen molar-refractivity contribution in [2.75, 3.05) is 19.6 Å². The number of hydrogen-bond donors (Lipinski definition) is 3. The fourth-order valence-corrected chi connectivity index (χ4v) is 2.02. The molecule has 0 radical (unpaired) electrons. The zero-order valence-electron chi connectivity index (χ0n) is 10.5. The summed E-state index contributed by atoms with van der Waals surface area (Å²) in [5, 5.41) is 21.9. The minimum absolute atomic E-state index is 0.0269. The van der Waals surface area contributed by atoms with E-state index < -0.39 is 5.97 Å².